The van der Waals surface area contributed by atoms with Gasteiger partial charge in [0.15, 0.2) is 0 Å². The molecule has 1 atom stereocenters. The Labute approximate surface area is 92.9 Å². The number of hydrogen-bond donors (Lipinski definition) is 2. The van der Waals surface area contributed by atoms with E-state index in [0.717, 1.165) is 0 Å². The minimum Gasteiger partial charge on any atom is -0.391 e. The van der Waals surface area contributed by atoms with Crippen molar-refractivity contribution in [2.45, 2.75) is 26.0 Å². The van der Waals surface area contributed by atoms with Gasteiger partial charge in [-0.05, 0) is 12.5 Å². The summed E-state index contributed by atoms with van der Waals surface area (Å²) in [4.78, 5) is 26.1. The number of nitrogens with one attached hydrogen (secondary N) is 1. The highest BCUT2D eigenvalue weighted by molar-refractivity contribution is 5.75. The highest BCUT2D eigenvalue weighted by Crippen LogP contribution is 1.87. The van der Waals surface area contributed by atoms with Gasteiger partial charge in [0.2, 0.25) is 5.91 Å². The quantitative estimate of drug-likeness (QED) is 0.682. The summed E-state index contributed by atoms with van der Waals surface area (Å²) in [6, 6.07) is 1.58. The van der Waals surface area contributed by atoms with Gasteiger partial charge in [0.1, 0.15) is 6.54 Å². The highest BCUT2D eigenvalue weighted by atomic mass is 16.3. The Morgan fingerprint density at radius 2 is 2.44 bits per heavy atom. The Hall–Kier alpha value is -1.69. The molecular formula is C10H15N3O3. The molecule has 0 aliphatic rings. The average molecular weight is 225 g/mol. The maximum absolute atomic E-state index is 11.4. The van der Waals surface area contributed by atoms with Crippen LogP contribution in [0.2, 0.25) is 0 Å². The van der Waals surface area contributed by atoms with Gasteiger partial charge in [-0.2, -0.15) is 0 Å². The normalized spacial score (nSPS) is 12.1. The van der Waals surface area contributed by atoms with Gasteiger partial charge in [0.05, 0.1) is 6.10 Å². The molecule has 1 unspecified atom stereocenters. The fraction of sp³-hybridized carbons (Fsp3) is 0.500. The lowest BCUT2D eigenvalue weighted by Crippen LogP contribution is -2.36. The van der Waals surface area contributed by atoms with E-state index in [1.165, 1.54) is 17.0 Å². The molecule has 0 saturated heterocycles. The number of amides is 1. The van der Waals surface area contributed by atoms with Gasteiger partial charge < -0.3 is 10.4 Å². The van der Waals surface area contributed by atoms with Gasteiger partial charge in [0.25, 0.3) is 0 Å². The van der Waals surface area contributed by atoms with Crippen LogP contribution < -0.4 is 11.0 Å². The van der Waals surface area contributed by atoms with Crippen LogP contribution >= 0.6 is 0 Å². The third kappa shape index (κ3) is 3.82. The van der Waals surface area contributed by atoms with E-state index in [2.05, 4.69) is 10.3 Å². The molecule has 1 rings (SSSR count). The molecule has 0 aromatic carbocycles. The number of hydrogen-bond acceptors (Lipinski definition) is 4. The zero-order chi connectivity index (χ0) is 12.0. The number of nitrogens with zero attached hydrogens (tertiary/aromatic N) is 2. The smallest absolute Gasteiger partial charge is 0.347 e. The lowest BCUT2D eigenvalue weighted by atomic mass is 10.3. The summed E-state index contributed by atoms with van der Waals surface area (Å²) in [6.07, 6.45) is 2.89. The standard InChI is InChI=1S/C10H15N3O3/c1-2-8(14)6-12-9(15)7-13-5-3-4-11-10(13)16/h3-5,8,14H,2,6-7H2,1H3,(H,12,15). The molecule has 88 valence electrons. The number of rotatable bonds is 5. The van der Waals surface area contributed by atoms with E-state index in [-0.39, 0.29) is 19.0 Å². The summed E-state index contributed by atoms with van der Waals surface area (Å²) in [5.74, 6) is -0.317. The van der Waals surface area contributed by atoms with Crippen LogP contribution in [0.25, 0.3) is 0 Å². The van der Waals surface area contributed by atoms with Crippen molar-refractivity contribution in [2.24, 2.45) is 0 Å². The van der Waals surface area contributed by atoms with Gasteiger partial charge in [-0.25, -0.2) is 9.78 Å². The number of carbonyl (C=O) groups is 1. The second-order valence-corrected chi connectivity index (χ2v) is 3.40. The van der Waals surface area contributed by atoms with Gasteiger partial charge in [-0.15, -0.1) is 0 Å². The third-order valence-electron chi connectivity index (χ3n) is 2.10. The molecule has 1 aromatic heterocycles. The third-order valence-corrected chi connectivity index (χ3v) is 2.10. The van der Waals surface area contributed by atoms with Crippen molar-refractivity contribution < 1.29 is 9.90 Å². The summed E-state index contributed by atoms with van der Waals surface area (Å²) in [7, 11) is 0. The predicted molar refractivity (Wildman–Crippen MR) is 57.8 cm³/mol. The van der Waals surface area contributed by atoms with Gasteiger partial charge in [-0.3, -0.25) is 9.36 Å². The summed E-state index contributed by atoms with van der Waals surface area (Å²) in [6.45, 7) is 1.94. The molecule has 0 saturated carbocycles. The molecule has 1 amide bonds. The number of aliphatic hydroxyl groups is 1. The van der Waals surface area contributed by atoms with Crippen molar-refractivity contribution in [3.05, 3.63) is 28.9 Å². The highest BCUT2D eigenvalue weighted by Gasteiger charge is 2.06. The van der Waals surface area contributed by atoms with Crippen molar-refractivity contribution in [3.63, 3.8) is 0 Å². The molecule has 1 aromatic rings. The molecule has 6 nitrogen and oxygen atoms in total. The molecular weight excluding hydrogens is 210 g/mol. The first-order chi connectivity index (χ1) is 7.63. The van der Waals surface area contributed by atoms with Gasteiger partial charge in [0, 0.05) is 18.9 Å². The maximum atomic E-state index is 11.4. The number of carbonyl (C=O) groups excluding carboxylic acids is 1. The average Bonchev–Trinajstić information content (AvgIpc) is 2.29. The Bertz CT molecular complexity index is 402. The molecule has 6 heteroatoms. The molecule has 0 spiro atoms. The Morgan fingerprint density at radius 1 is 1.69 bits per heavy atom. The van der Waals surface area contributed by atoms with Crippen LogP contribution in [0.15, 0.2) is 23.3 Å². The van der Waals surface area contributed by atoms with Crippen LogP contribution in [0, 0.1) is 0 Å². The topological polar surface area (TPSA) is 84.2 Å². The Morgan fingerprint density at radius 3 is 3.06 bits per heavy atom. The van der Waals surface area contributed by atoms with Crippen molar-refractivity contribution in [1.29, 1.82) is 0 Å². The van der Waals surface area contributed by atoms with Crippen LogP contribution in [0.5, 0.6) is 0 Å². The lowest BCUT2D eigenvalue weighted by molar-refractivity contribution is -0.122. The molecule has 0 aliphatic heterocycles. The van der Waals surface area contributed by atoms with E-state index < -0.39 is 11.8 Å². The molecule has 16 heavy (non-hydrogen) atoms. The predicted octanol–water partition coefficient (Wildman–Crippen LogP) is -0.870. The molecule has 0 aliphatic carbocycles. The minimum atomic E-state index is -0.547. The van der Waals surface area contributed by atoms with Crippen molar-refractivity contribution in [1.82, 2.24) is 14.9 Å². The van der Waals surface area contributed by atoms with E-state index in [9.17, 15) is 14.7 Å². The molecule has 0 fully saturated rings. The monoisotopic (exact) mass is 225 g/mol. The largest absolute Gasteiger partial charge is 0.391 e. The maximum Gasteiger partial charge on any atom is 0.347 e. The van der Waals surface area contributed by atoms with Crippen LogP contribution in [0.1, 0.15) is 13.3 Å². The second kappa shape index (κ2) is 6.02. The summed E-state index contributed by atoms with van der Waals surface area (Å²) >= 11 is 0. The van der Waals surface area contributed by atoms with Crippen molar-refractivity contribution >= 4 is 5.91 Å². The lowest BCUT2D eigenvalue weighted by Gasteiger charge is -2.09. The molecule has 1 heterocycles. The minimum absolute atomic E-state index is 0.0803. The molecule has 0 bridgehead atoms. The first-order valence-electron chi connectivity index (χ1n) is 5.09. The van der Waals surface area contributed by atoms with E-state index >= 15 is 0 Å². The SMILES string of the molecule is CCC(O)CNC(=O)Cn1cccnc1=O. The van der Waals surface area contributed by atoms with Crippen LogP contribution in [0.3, 0.4) is 0 Å². The van der Waals surface area contributed by atoms with Gasteiger partial charge in [-0.1, -0.05) is 6.92 Å². The Kier molecular flexibility index (Phi) is 4.65. The van der Waals surface area contributed by atoms with Crippen LogP contribution in [0.4, 0.5) is 0 Å². The van der Waals surface area contributed by atoms with Gasteiger partial charge >= 0.3 is 5.69 Å². The first kappa shape index (κ1) is 12.4. The molecule has 0 radical (unpaired) electrons. The van der Waals surface area contributed by atoms with E-state index in [0.29, 0.717) is 6.42 Å². The summed E-state index contributed by atoms with van der Waals surface area (Å²) in [5.41, 5.74) is -0.464. The zero-order valence-electron chi connectivity index (χ0n) is 9.09. The second-order valence-electron chi connectivity index (χ2n) is 3.40. The Balaban J connectivity index is 2.46. The fourth-order valence-electron chi connectivity index (χ4n) is 1.09. The van der Waals surface area contributed by atoms with E-state index in [4.69, 9.17) is 0 Å². The zero-order valence-corrected chi connectivity index (χ0v) is 9.09. The van der Waals surface area contributed by atoms with Crippen molar-refractivity contribution in [3.8, 4) is 0 Å². The van der Waals surface area contributed by atoms with E-state index in [1.807, 2.05) is 6.92 Å². The first-order valence-corrected chi connectivity index (χ1v) is 5.09. The molecule has 2 N–H and O–H groups in total. The number of aromatic nitrogens is 2. The fourth-order valence-corrected chi connectivity index (χ4v) is 1.09. The van der Waals surface area contributed by atoms with Crippen LogP contribution in [-0.4, -0.2) is 33.2 Å². The summed E-state index contributed by atoms with van der Waals surface area (Å²) in [5, 5.41) is 11.8. The summed E-state index contributed by atoms with van der Waals surface area (Å²) < 4.78 is 1.20. The van der Waals surface area contributed by atoms with E-state index in [1.54, 1.807) is 6.07 Å². The van der Waals surface area contributed by atoms with Crippen molar-refractivity contribution in [2.75, 3.05) is 6.54 Å². The van der Waals surface area contributed by atoms with Crippen LogP contribution in [-0.2, 0) is 11.3 Å². The number of aliphatic hydroxyl groups excluding tert-OH is 1.